The zero-order chi connectivity index (χ0) is 17.0. The van der Waals surface area contributed by atoms with Crippen LogP contribution in [0.15, 0.2) is 46.4 Å². The summed E-state index contributed by atoms with van der Waals surface area (Å²) in [6.45, 7) is 0. The molecule has 23 heavy (non-hydrogen) atoms. The van der Waals surface area contributed by atoms with Gasteiger partial charge in [0.05, 0.1) is 15.7 Å². The number of anilines is 1. The number of para-hydroxylation sites is 1. The molecule has 0 saturated carbocycles. The minimum absolute atomic E-state index is 0.116. The molecule has 7 heteroatoms. The van der Waals surface area contributed by atoms with Crippen LogP contribution in [-0.4, -0.2) is 5.91 Å². The van der Waals surface area contributed by atoms with Crippen molar-refractivity contribution in [2.75, 3.05) is 5.32 Å². The molecule has 2 rings (SSSR count). The third kappa shape index (κ3) is 4.32. The summed E-state index contributed by atoms with van der Waals surface area (Å²) >= 11 is 15.0. The standard InChI is InChI=1S/C16H8BrCl2FN2O/c17-11-5-4-9(14(20)7-11)6-10(8-21)16(23)22-15-12(18)2-1-3-13(15)19/h1-7H,(H,22,23)/b10-6+. The fourth-order valence-electron chi connectivity index (χ4n) is 1.72. The Balaban J connectivity index is 2.32. The Morgan fingerprint density at radius 2 is 1.91 bits per heavy atom. The minimum Gasteiger partial charge on any atom is -0.319 e. The van der Waals surface area contributed by atoms with Crippen molar-refractivity contribution in [1.82, 2.24) is 0 Å². The molecule has 0 spiro atoms. The molecule has 0 unspecified atom stereocenters. The number of amides is 1. The van der Waals surface area contributed by atoms with Crippen molar-refractivity contribution in [3.8, 4) is 6.07 Å². The highest BCUT2D eigenvalue weighted by atomic mass is 79.9. The molecule has 3 nitrogen and oxygen atoms in total. The average molecular weight is 414 g/mol. The van der Waals surface area contributed by atoms with Crippen LogP contribution in [0.2, 0.25) is 10.0 Å². The lowest BCUT2D eigenvalue weighted by Crippen LogP contribution is -2.14. The van der Waals surface area contributed by atoms with Crippen molar-refractivity contribution < 1.29 is 9.18 Å². The fraction of sp³-hybridized carbons (Fsp3) is 0. The molecular formula is C16H8BrCl2FN2O. The van der Waals surface area contributed by atoms with Gasteiger partial charge in [0.15, 0.2) is 0 Å². The maximum absolute atomic E-state index is 13.8. The van der Waals surface area contributed by atoms with Crippen LogP contribution >= 0.6 is 39.1 Å². The van der Waals surface area contributed by atoms with Crippen molar-refractivity contribution in [2.24, 2.45) is 0 Å². The van der Waals surface area contributed by atoms with Crippen LogP contribution in [0.4, 0.5) is 10.1 Å². The second-order valence-corrected chi connectivity index (χ2v) is 6.12. The zero-order valence-corrected chi connectivity index (χ0v) is 14.5. The molecule has 0 bridgehead atoms. The van der Waals surface area contributed by atoms with Crippen molar-refractivity contribution in [2.45, 2.75) is 0 Å². The summed E-state index contributed by atoms with van der Waals surface area (Å²) < 4.78 is 14.4. The average Bonchev–Trinajstić information content (AvgIpc) is 2.50. The first kappa shape index (κ1) is 17.5. The molecule has 0 aromatic heterocycles. The smallest absolute Gasteiger partial charge is 0.266 e. The lowest BCUT2D eigenvalue weighted by atomic mass is 10.1. The van der Waals surface area contributed by atoms with E-state index in [0.717, 1.165) is 6.08 Å². The number of rotatable bonds is 3. The summed E-state index contributed by atoms with van der Waals surface area (Å²) in [5.41, 5.74) is 0.0330. The van der Waals surface area contributed by atoms with Crippen LogP contribution < -0.4 is 5.32 Å². The summed E-state index contributed by atoms with van der Waals surface area (Å²) in [5, 5.41) is 12.1. The van der Waals surface area contributed by atoms with E-state index in [2.05, 4.69) is 21.2 Å². The molecule has 2 aromatic carbocycles. The highest BCUT2D eigenvalue weighted by molar-refractivity contribution is 9.10. The number of hydrogen-bond donors (Lipinski definition) is 1. The van der Waals surface area contributed by atoms with Gasteiger partial charge >= 0.3 is 0 Å². The van der Waals surface area contributed by atoms with E-state index in [1.165, 1.54) is 12.1 Å². The number of carbonyl (C=O) groups excluding carboxylic acids is 1. The van der Waals surface area contributed by atoms with Gasteiger partial charge in [0, 0.05) is 10.0 Å². The number of nitriles is 1. The number of nitrogens with one attached hydrogen (secondary N) is 1. The summed E-state index contributed by atoms with van der Waals surface area (Å²) in [6.07, 6.45) is 1.15. The van der Waals surface area contributed by atoms with Gasteiger partial charge in [0.2, 0.25) is 0 Å². The van der Waals surface area contributed by atoms with Crippen LogP contribution in [0, 0.1) is 17.1 Å². The van der Waals surface area contributed by atoms with E-state index in [4.69, 9.17) is 28.5 Å². The maximum atomic E-state index is 13.8. The summed E-state index contributed by atoms with van der Waals surface area (Å²) in [4.78, 5) is 12.2. The van der Waals surface area contributed by atoms with E-state index in [1.54, 1.807) is 30.3 Å². The van der Waals surface area contributed by atoms with Crippen LogP contribution in [0.1, 0.15) is 5.56 Å². The molecule has 0 atom stereocenters. The molecule has 0 radical (unpaired) electrons. The molecule has 2 aromatic rings. The molecular weight excluding hydrogens is 406 g/mol. The zero-order valence-electron chi connectivity index (χ0n) is 11.4. The van der Waals surface area contributed by atoms with Crippen LogP contribution in [0.5, 0.6) is 0 Å². The van der Waals surface area contributed by atoms with Crippen molar-refractivity contribution in [3.05, 3.63) is 67.9 Å². The molecule has 1 N–H and O–H groups in total. The van der Waals surface area contributed by atoms with Gasteiger partial charge in [-0.3, -0.25) is 4.79 Å². The predicted octanol–water partition coefficient (Wildman–Crippen LogP) is 5.44. The highest BCUT2D eigenvalue weighted by Crippen LogP contribution is 2.30. The predicted molar refractivity (Wildman–Crippen MR) is 92.8 cm³/mol. The third-order valence-electron chi connectivity index (χ3n) is 2.83. The van der Waals surface area contributed by atoms with Gasteiger partial charge in [-0.15, -0.1) is 0 Å². The fourth-order valence-corrected chi connectivity index (χ4v) is 2.55. The van der Waals surface area contributed by atoms with Gasteiger partial charge in [0.25, 0.3) is 5.91 Å². The molecule has 0 saturated heterocycles. The first-order valence-electron chi connectivity index (χ1n) is 6.24. The number of nitrogens with zero attached hydrogens (tertiary/aromatic N) is 1. The molecule has 0 aliphatic rings. The van der Waals surface area contributed by atoms with Crippen molar-refractivity contribution in [3.63, 3.8) is 0 Å². The van der Waals surface area contributed by atoms with Gasteiger partial charge < -0.3 is 5.32 Å². The van der Waals surface area contributed by atoms with E-state index in [1.807, 2.05) is 0 Å². The molecule has 0 fully saturated rings. The number of hydrogen-bond acceptors (Lipinski definition) is 2. The molecule has 0 aliphatic carbocycles. The Bertz CT molecular complexity index is 826. The largest absolute Gasteiger partial charge is 0.319 e. The first-order chi connectivity index (χ1) is 10.9. The number of benzene rings is 2. The van der Waals surface area contributed by atoms with E-state index >= 15 is 0 Å². The second-order valence-electron chi connectivity index (χ2n) is 4.39. The van der Waals surface area contributed by atoms with Crippen molar-refractivity contribution >= 4 is 56.8 Å². The van der Waals surface area contributed by atoms with E-state index < -0.39 is 11.7 Å². The molecule has 0 aliphatic heterocycles. The van der Waals surface area contributed by atoms with Gasteiger partial charge in [-0.25, -0.2) is 4.39 Å². The Morgan fingerprint density at radius 1 is 1.26 bits per heavy atom. The van der Waals surface area contributed by atoms with Crippen LogP contribution in [-0.2, 0) is 4.79 Å². The molecule has 116 valence electrons. The quantitative estimate of drug-likeness (QED) is 0.537. The number of halogens is 4. The summed E-state index contributed by atoms with van der Waals surface area (Å²) in [7, 11) is 0. The minimum atomic E-state index is -0.732. The van der Waals surface area contributed by atoms with Crippen molar-refractivity contribution in [1.29, 1.82) is 5.26 Å². The van der Waals surface area contributed by atoms with E-state index in [0.29, 0.717) is 4.47 Å². The Hall–Kier alpha value is -1.87. The second kappa shape index (κ2) is 7.60. The normalized spacial score (nSPS) is 11.0. The molecule has 1 amide bonds. The number of carbonyl (C=O) groups is 1. The van der Waals surface area contributed by atoms with Crippen LogP contribution in [0.3, 0.4) is 0 Å². The Kier molecular flexibility index (Phi) is 5.78. The maximum Gasteiger partial charge on any atom is 0.266 e. The first-order valence-corrected chi connectivity index (χ1v) is 7.79. The summed E-state index contributed by atoms with van der Waals surface area (Å²) in [6, 6.07) is 10.8. The van der Waals surface area contributed by atoms with Crippen LogP contribution in [0.25, 0.3) is 6.08 Å². The Labute approximate surface area is 150 Å². The summed E-state index contributed by atoms with van der Waals surface area (Å²) in [5.74, 6) is -1.29. The topological polar surface area (TPSA) is 52.9 Å². The molecule has 0 heterocycles. The van der Waals surface area contributed by atoms with Gasteiger partial charge in [-0.05, 0) is 30.3 Å². The van der Waals surface area contributed by atoms with Gasteiger partial charge in [-0.2, -0.15) is 5.26 Å². The van der Waals surface area contributed by atoms with E-state index in [9.17, 15) is 9.18 Å². The third-order valence-corrected chi connectivity index (χ3v) is 3.95. The van der Waals surface area contributed by atoms with E-state index in [-0.39, 0.29) is 26.9 Å². The van der Waals surface area contributed by atoms with Gasteiger partial charge in [0.1, 0.15) is 17.5 Å². The van der Waals surface area contributed by atoms with Gasteiger partial charge in [-0.1, -0.05) is 51.3 Å². The Morgan fingerprint density at radius 3 is 2.48 bits per heavy atom. The lowest BCUT2D eigenvalue weighted by molar-refractivity contribution is -0.112. The highest BCUT2D eigenvalue weighted by Gasteiger charge is 2.14. The monoisotopic (exact) mass is 412 g/mol. The SMILES string of the molecule is N#C/C(=C\c1ccc(Br)cc1F)C(=O)Nc1c(Cl)cccc1Cl. The lowest BCUT2D eigenvalue weighted by Gasteiger charge is -2.08.